The molecule has 4 heterocycles. The number of ether oxygens (including phenoxy) is 2. The summed E-state index contributed by atoms with van der Waals surface area (Å²) < 4.78 is 12.3. The van der Waals surface area contributed by atoms with Crippen molar-refractivity contribution < 1.29 is 9.47 Å². The van der Waals surface area contributed by atoms with Gasteiger partial charge in [0, 0.05) is 52.1 Å². The molecule has 4 rings (SSSR count). The average molecular weight is 370 g/mol. The Kier molecular flexibility index (Phi) is 4.97. The predicted molar refractivity (Wildman–Crippen MR) is 100 cm³/mol. The summed E-state index contributed by atoms with van der Waals surface area (Å²) in [5.41, 5.74) is 1.65. The van der Waals surface area contributed by atoms with Gasteiger partial charge in [-0.2, -0.15) is 4.98 Å². The second kappa shape index (κ2) is 7.70. The molecule has 0 N–H and O–H groups in total. The van der Waals surface area contributed by atoms with E-state index in [1.54, 1.807) is 39.1 Å². The number of imidazole rings is 1. The van der Waals surface area contributed by atoms with Gasteiger partial charge < -0.3 is 23.8 Å². The molecule has 0 spiro atoms. The Morgan fingerprint density at radius 2 is 1.81 bits per heavy atom. The first-order valence-electron chi connectivity index (χ1n) is 8.82. The van der Waals surface area contributed by atoms with Gasteiger partial charge in [0.05, 0.1) is 20.0 Å². The maximum Gasteiger partial charge on any atom is 0.228 e. The van der Waals surface area contributed by atoms with Crippen LogP contribution in [0.3, 0.4) is 0 Å². The zero-order chi connectivity index (χ0) is 18.6. The van der Waals surface area contributed by atoms with Crippen LogP contribution in [0.4, 0.5) is 11.8 Å². The van der Waals surface area contributed by atoms with Crippen molar-refractivity contribution in [2.75, 3.05) is 56.8 Å². The highest BCUT2D eigenvalue weighted by Crippen LogP contribution is 2.23. The van der Waals surface area contributed by atoms with E-state index >= 15 is 0 Å². The number of hydrogen-bond donors (Lipinski definition) is 0. The van der Waals surface area contributed by atoms with E-state index in [1.807, 2.05) is 4.57 Å². The minimum absolute atomic E-state index is 0.571. The summed E-state index contributed by atoms with van der Waals surface area (Å²) in [7, 11) is 3.29. The molecule has 10 heteroatoms. The summed E-state index contributed by atoms with van der Waals surface area (Å²) in [5, 5.41) is 0. The molecule has 0 aromatic carbocycles. The monoisotopic (exact) mass is 370 g/mol. The average Bonchev–Trinajstić information content (AvgIpc) is 3.15. The van der Waals surface area contributed by atoms with Crippen molar-refractivity contribution >= 4 is 22.9 Å². The van der Waals surface area contributed by atoms with Gasteiger partial charge in [0.2, 0.25) is 11.8 Å². The maximum atomic E-state index is 5.19. The summed E-state index contributed by atoms with van der Waals surface area (Å²) in [6.07, 6.45) is 5.11. The summed E-state index contributed by atoms with van der Waals surface area (Å²) >= 11 is 0. The van der Waals surface area contributed by atoms with Gasteiger partial charge in [0.25, 0.3) is 0 Å². The molecule has 0 bridgehead atoms. The van der Waals surface area contributed by atoms with Crippen LogP contribution < -0.4 is 14.5 Å². The van der Waals surface area contributed by atoms with Gasteiger partial charge in [0.1, 0.15) is 6.33 Å². The Morgan fingerprint density at radius 3 is 2.59 bits per heavy atom. The summed E-state index contributed by atoms with van der Waals surface area (Å²) in [6.45, 7) is 4.52. The SMILES string of the molecule is COCCn1cnc2c(N3CCN(c4nccc(OC)n4)CC3)ncnc21. The molecule has 1 fully saturated rings. The third-order valence-corrected chi connectivity index (χ3v) is 4.61. The van der Waals surface area contributed by atoms with E-state index in [4.69, 9.17) is 9.47 Å². The van der Waals surface area contributed by atoms with E-state index in [0.717, 1.165) is 43.2 Å². The smallest absolute Gasteiger partial charge is 0.228 e. The van der Waals surface area contributed by atoms with Crippen LogP contribution in [0.1, 0.15) is 0 Å². The molecule has 0 atom stereocenters. The Hall–Kier alpha value is -3.01. The fourth-order valence-corrected chi connectivity index (χ4v) is 3.17. The fraction of sp³-hybridized carbons (Fsp3) is 0.471. The molecule has 1 saturated heterocycles. The Labute approximate surface area is 156 Å². The van der Waals surface area contributed by atoms with E-state index in [1.165, 1.54) is 0 Å². The van der Waals surface area contributed by atoms with Gasteiger partial charge >= 0.3 is 0 Å². The van der Waals surface area contributed by atoms with E-state index in [0.29, 0.717) is 25.0 Å². The van der Waals surface area contributed by atoms with Gasteiger partial charge in [-0.05, 0) is 0 Å². The number of aromatic nitrogens is 6. The molecule has 0 unspecified atom stereocenters. The van der Waals surface area contributed by atoms with Gasteiger partial charge in [-0.1, -0.05) is 0 Å². The zero-order valence-corrected chi connectivity index (χ0v) is 15.4. The predicted octanol–water partition coefficient (Wildman–Crippen LogP) is 0.598. The van der Waals surface area contributed by atoms with E-state index in [-0.39, 0.29) is 0 Å². The zero-order valence-electron chi connectivity index (χ0n) is 15.4. The lowest BCUT2D eigenvalue weighted by molar-refractivity contribution is 0.188. The molecule has 0 amide bonds. The first-order chi connectivity index (χ1) is 13.3. The van der Waals surface area contributed by atoms with Crippen molar-refractivity contribution in [3.05, 3.63) is 24.9 Å². The number of piperazine rings is 1. The molecule has 1 aliphatic rings. The van der Waals surface area contributed by atoms with Crippen molar-refractivity contribution in [1.29, 1.82) is 0 Å². The normalized spacial score (nSPS) is 14.7. The van der Waals surface area contributed by atoms with E-state index in [9.17, 15) is 0 Å². The van der Waals surface area contributed by atoms with Crippen LogP contribution in [-0.4, -0.2) is 76.5 Å². The third kappa shape index (κ3) is 3.47. The van der Waals surface area contributed by atoms with Crippen LogP contribution in [0, 0.1) is 0 Å². The van der Waals surface area contributed by atoms with Gasteiger partial charge in [0.15, 0.2) is 17.0 Å². The number of anilines is 2. The van der Waals surface area contributed by atoms with Crippen LogP contribution in [0.2, 0.25) is 0 Å². The first kappa shape index (κ1) is 17.4. The van der Waals surface area contributed by atoms with E-state index in [2.05, 4.69) is 34.7 Å². The first-order valence-corrected chi connectivity index (χ1v) is 8.82. The van der Waals surface area contributed by atoms with Gasteiger partial charge in [-0.15, -0.1) is 0 Å². The van der Waals surface area contributed by atoms with Crippen molar-refractivity contribution in [2.45, 2.75) is 6.54 Å². The molecule has 10 nitrogen and oxygen atoms in total. The minimum atomic E-state index is 0.571. The topological polar surface area (TPSA) is 94.3 Å². The molecule has 0 aliphatic carbocycles. The Morgan fingerprint density at radius 1 is 1.00 bits per heavy atom. The molecule has 0 radical (unpaired) electrons. The highest BCUT2D eigenvalue weighted by Gasteiger charge is 2.23. The lowest BCUT2D eigenvalue weighted by Gasteiger charge is -2.35. The molecule has 3 aromatic rings. The Bertz CT molecular complexity index is 907. The standard InChI is InChI=1S/C17H22N8O2/c1-26-10-9-25-12-21-14-15(19-11-20-16(14)25)23-5-7-24(8-6-23)17-18-4-3-13(22-17)27-2/h3-4,11-12H,5-10H2,1-2H3. The summed E-state index contributed by atoms with van der Waals surface area (Å²) in [5.74, 6) is 2.12. The van der Waals surface area contributed by atoms with E-state index < -0.39 is 0 Å². The largest absolute Gasteiger partial charge is 0.481 e. The van der Waals surface area contributed by atoms with Gasteiger partial charge in [-0.25, -0.2) is 19.9 Å². The summed E-state index contributed by atoms with van der Waals surface area (Å²) in [6, 6.07) is 1.75. The van der Waals surface area contributed by atoms with Crippen LogP contribution in [-0.2, 0) is 11.3 Å². The molecule has 142 valence electrons. The Balaban J connectivity index is 1.50. The maximum absolute atomic E-state index is 5.19. The summed E-state index contributed by atoms with van der Waals surface area (Å²) in [4.78, 5) is 26.6. The molecule has 1 aliphatic heterocycles. The van der Waals surface area contributed by atoms with Crippen molar-refractivity contribution in [2.24, 2.45) is 0 Å². The lowest BCUT2D eigenvalue weighted by atomic mass is 10.3. The van der Waals surface area contributed by atoms with Crippen molar-refractivity contribution in [3.8, 4) is 5.88 Å². The molecular formula is C17H22N8O2. The van der Waals surface area contributed by atoms with Crippen LogP contribution >= 0.6 is 0 Å². The number of rotatable bonds is 6. The van der Waals surface area contributed by atoms with Crippen molar-refractivity contribution in [1.82, 2.24) is 29.5 Å². The molecule has 0 saturated carbocycles. The second-order valence-corrected chi connectivity index (χ2v) is 6.17. The quantitative estimate of drug-likeness (QED) is 0.618. The fourth-order valence-electron chi connectivity index (χ4n) is 3.17. The highest BCUT2D eigenvalue weighted by atomic mass is 16.5. The number of fused-ring (bicyclic) bond motifs is 1. The highest BCUT2D eigenvalue weighted by molar-refractivity contribution is 5.83. The third-order valence-electron chi connectivity index (χ3n) is 4.61. The van der Waals surface area contributed by atoms with Crippen molar-refractivity contribution in [3.63, 3.8) is 0 Å². The minimum Gasteiger partial charge on any atom is -0.481 e. The van der Waals surface area contributed by atoms with Crippen LogP contribution in [0.25, 0.3) is 11.2 Å². The number of methoxy groups -OCH3 is 2. The van der Waals surface area contributed by atoms with Crippen LogP contribution in [0.5, 0.6) is 5.88 Å². The van der Waals surface area contributed by atoms with Gasteiger partial charge in [-0.3, -0.25) is 0 Å². The lowest BCUT2D eigenvalue weighted by Crippen LogP contribution is -2.47. The number of nitrogens with zero attached hydrogens (tertiary/aromatic N) is 8. The molecule has 3 aromatic heterocycles. The molecular weight excluding hydrogens is 348 g/mol. The molecule has 27 heavy (non-hydrogen) atoms. The number of hydrogen-bond acceptors (Lipinski definition) is 9. The second-order valence-electron chi connectivity index (χ2n) is 6.17. The van der Waals surface area contributed by atoms with Crippen LogP contribution in [0.15, 0.2) is 24.9 Å².